The molecule has 3 rings (SSSR count). The van der Waals surface area contributed by atoms with Gasteiger partial charge in [-0.05, 0) is 17.4 Å². The van der Waals surface area contributed by atoms with E-state index in [2.05, 4.69) is 35.0 Å². The summed E-state index contributed by atoms with van der Waals surface area (Å²) >= 11 is 0. The molecular formula is C14H9N. The highest BCUT2D eigenvalue weighted by molar-refractivity contribution is 5.80. The zero-order valence-corrected chi connectivity index (χ0v) is 8.14. The third-order valence-electron chi connectivity index (χ3n) is 2.52. The van der Waals surface area contributed by atoms with Crippen LogP contribution in [0.4, 0.5) is 0 Å². The van der Waals surface area contributed by atoms with Crippen molar-refractivity contribution in [2.75, 3.05) is 0 Å². The Morgan fingerprint density at radius 1 is 1.07 bits per heavy atom. The van der Waals surface area contributed by atoms with Gasteiger partial charge in [0.25, 0.3) is 0 Å². The average molecular weight is 191 g/mol. The van der Waals surface area contributed by atoms with E-state index in [9.17, 15) is 0 Å². The summed E-state index contributed by atoms with van der Waals surface area (Å²) in [5.41, 5.74) is 4.28. The summed E-state index contributed by atoms with van der Waals surface area (Å²) in [7, 11) is 0. The fourth-order valence-electron chi connectivity index (χ4n) is 1.80. The molecule has 70 valence electrons. The van der Waals surface area contributed by atoms with E-state index in [1.54, 1.807) is 0 Å². The summed E-state index contributed by atoms with van der Waals surface area (Å²) in [5, 5.41) is 3.41. The standard InChI is InChI=1S/C14H9N/c1-2-5-11-8-9-12-6-4-10-15-14(12)13(11)7-3-1/h1-6,8-10H. The maximum Gasteiger partial charge on any atom is 0.0857 e. The number of rotatable bonds is 0. The zero-order chi connectivity index (χ0) is 10.1. The van der Waals surface area contributed by atoms with Crippen molar-refractivity contribution >= 4 is 22.7 Å². The van der Waals surface area contributed by atoms with Gasteiger partial charge in [-0.1, -0.05) is 36.4 Å². The minimum atomic E-state index is 1.02. The van der Waals surface area contributed by atoms with Crippen molar-refractivity contribution in [2.45, 2.75) is 0 Å². The SMILES string of the molecule is C1=CC=CC=c2ccc3cccnc3c2=1. The molecule has 0 bridgehead atoms. The minimum absolute atomic E-state index is 1.02. The number of fused-ring (bicyclic) bond motifs is 3. The van der Waals surface area contributed by atoms with E-state index in [-0.39, 0.29) is 0 Å². The molecule has 0 unspecified atom stereocenters. The van der Waals surface area contributed by atoms with Crippen LogP contribution in [0.3, 0.4) is 0 Å². The largest absolute Gasteiger partial charge is 0.255 e. The third kappa shape index (κ3) is 1.30. The number of pyridine rings is 1. The smallest absolute Gasteiger partial charge is 0.0857 e. The molecule has 1 aromatic carbocycles. The minimum Gasteiger partial charge on any atom is -0.255 e. The lowest BCUT2D eigenvalue weighted by Crippen LogP contribution is -2.24. The van der Waals surface area contributed by atoms with Crippen LogP contribution in [0, 0.1) is 0 Å². The highest BCUT2D eigenvalue weighted by Crippen LogP contribution is 2.03. The first-order chi connectivity index (χ1) is 7.45. The topological polar surface area (TPSA) is 12.9 Å². The molecule has 1 aromatic heterocycles. The molecule has 1 heterocycles. The first kappa shape index (κ1) is 8.22. The second-order valence-corrected chi connectivity index (χ2v) is 3.47. The van der Waals surface area contributed by atoms with Gasteiger partial charge < -0.3 is 0 Å². The maximum absolute atomic E-state index is 4.41. The molecule has 1 aliphatic rings. The van der Waals surface area contributed by atoms with Crippen LogP contribution in [0.2, 0.25) is 0 Å². The maximum atomic E-state index is 4.41. The molecule has 0 fully saturated rings. The average Bonchev–Trinajstić information content (AvgIpc) is 2.54. The van der Waals surface area contributed by atoms with Gasteiger partial charge in [-0.25, -0.2) is 0 Å². The van der Waals surface area contributed by atoms with E-state index in [0.29, 0.717) is 0 Å². The molecule has 0 saturated carbocycles. The quantitative estimate of drug-likeness (QED) is 0.615. The van der Waals surface area contributed by atoms with Crippen molar-refractivity contribution in [3.63, 3.8) is 0 Å². The summed E-state index contributed by atoms with van der Waals surface area (Å²) in [6.45, 7) is 0. The van der Waals surface area contributed by atoms with Gasteiger partial charge in [0.2, 0.25) is 0 Å². The molecule has 1 nitrogen and oxygen atoms in total. The molecule has 1 aliphatic carbocycles. The van der Waals surface area contributed by atoms with Crippen LogP contribution in [0.1, 0.15) is 0 Å². The number of hydrogen-bond donors (Lipinski definition) is 0. The lowest BCUT2D eigenvalue weighted by Gasteiger charge is -1.96. The lowest BCUT2D eigenvalue weighted by atomic mass is 10.1. The molecule has 0 amide bonds. The molecule has 0 N–H and O–H groups in total. The van der Waals surface area contributed by atoms with Crippen LogP contribution in [0.25, 0.3) is 22.7 Å². The number of nitrogens with zero attached hydrogens (tertiary/aromatic N) is 1. The molecule has 1 heteroatoms. The summed E-state index contributed by atoms with van der Waals surface area (Å²) in [5.74, 6) is 0. The fourth-order valence-corrected chi connectivity index (χ4v) is 1.80. The van der Waals surface area contributed by atoms with Crippen LogP contribution < -0.4 is 10.4 Å². The molecule has 0 saturated heterocycles. The van der Waals surface area contributed by atoms with Crippen LogP contribution in [-0.4, -0.2) is 4.98 Å². The monoisotopic (exact) mass is 191 g/mol. The molecule has 0 atom stereocenters. The van der Waals surface area contributed by atoms with Crippen LogP contribution in [-0.2, 0) is 0 Å². The van der Waals surface area contributed by atoms with Crippen LogP contribution in [0.15, 0.2) is 48.7 Å². The van der Waals surface area contributed by atoms with Gasteiger partial charge in [0, 0.05) is 16.8 Å². The molecule has 2 aromatic rings. The summed E-state index contributed by atoms with van der Waals surface area (Å²) in [6.07, 6.45) is 9.83. The van der Waals surface area contributed by atoms with E-state index in [0.717, 1.165) is 16.1 Å². The Labute approximate surface area is 87.4 Å². The van der Waals surface area contributed by atoms with Crippen molar-refractivity contribution in [3.05, 3.63) is 59.1 Å². The second kappa shape index (κ2) is 3.23. The summed E-state index contributed by atoms with van der Waals surface area (Å²) in [6, 6.07) is 8.23. The number of aromatic nitrogens is 1. The van der Waals surface area contributed by atoms with Crippen LogP contribution >= 0.6 is 0 Å². The van der Waals surface area contributed by atoms with Gasteiger partial charge in [-0.3, -0.25) is 4.98 Å². The van der Waals surface area contributed by atoms with Gasteiger partial charge in [0.1, 0.15) is 0 Å². The van der Waals surface area contributed by atoms with E-state index in [4.69, 9.17) is 0 Å². The predicted molar refractivity (Wildman–Crippen MR) is 62.6 cm³/mol. The van der Waals surface area contributed by atoms with Gasteiger partial charge in [0.05, 0.1) is 5.52 Å². The molecular weight excluding hydrogens is 182 g/mol. The van der Waals surface area contributed by atoms with Gasteiger partial charge >= 0.3 is 0 Å². The first-order valence-electron chi connectivity index (χ1n) is 4.93. The Hall–Kier alpha value is -2.11. The highest BCUT2D eigenvalue weighted by Gasteiger charge is 1.96. The Morgan fingerprint density at radius 2 is 2.07 bits per heavy atom. The van der Waals surface area contributed by atoms with E-state index < -0.39 is 0 Å². The molecule has 0 spiro atoms. The Morgan fingerprint density at radius 3 is 3.07 bits per heavy atom. The number of hydrogen-bond acceptors (Lipinski definition) is 1. The molecule has 0 radical (unpaired) electrons. The second-order valence-electron chi connectivity index (χ2n) is 3.47. The van der Waals surface area contributed by atoms with Crippen molar-refractivity contribution in [1.29, 1.82) is 0 Å². The Balaban J connectivity index is 2.67. The van der Waals surface area contributed by atoms with Crippen molar-refractivity contribution in [2.24, 2.45) is 0 Å². The molecule has 0 aliphatic heterocycles. The zero-order valence-electron chi connectivity index (χ0n) is 8.14. The predicted octanol–water partition coefficient (Wildman–Crippen LogP) is 1.52. The number of allylic oxidation sites excluding steroid dienone is 3. The van der Waals surface area contributed by atoms with E-state index in [1.807, 2.05) is 30.5 Å². The van der Waals surface area contributed by atoms with Crippen molar-refractivity contribution < 1.29 is 0 Å². The van der Waals surface area contributed by atoms with E-state index in [1.165, 1.54) is 5.22 Å². The normalized spacial score (nSPS) is 12.8. The Bertz CT molecular complexity index is 702. The summed E-state index contributed by atoms with van der Waals surface area (Å²) in [4.78, 5) is 4.41. The lowest BCUT2D eigenvalue weighted by molar-refractivity contribution is 1.38. The third-order valence-corrected chi connectivity index (χ3v) is 2.52. The van der Waals surface area contributed by atoms with Crippen LogP contribution in [0.5, 0.6) is 0 Å². The fraction of sp³-hybridized carbons (Fsp3) is 0. The number of benzene rings is 1. The Kier molecular flexibility index (Phi) is 1.77. The first-order valence-corrected chi connectivity index (χ1v) is 4.93. The summed E-state index contributed by atoms with van der Waals surface area (Å²) < 4.78 is 0. The van der Waals surface area contributed by atoms with E-state index >= 15 is 0 Å². The van der Waals surface area contributed by atoms with Gasteiger partial charge in [-0.15, -0.1) is 5.73 Å². The van der Waals surface area contributed by atoms with Gasteiger partial charge in [-0.2, -0.15) is 0 Å². The van der Waals surface area contributed by atoms with Crippen molar-refractivity contribution in [1.82, 2.24) is 4.98 Å². The van der Waals surface area contributed by atoms with Gasteiger partial charge in [0.15, 0.2) is 0 Å². The van der Waals surface area contributed by atoms with Crippen molar-refractivity contribution in [3.8, 4) is 0 Å². The highest BCUT2D eigenvalue weighted by atomic mass is 14.6. The molecule has 15 heavy (non-hydrogen) atoms.